The minimum atomic E-state index is -1.03. The van der Waals surface area contributed by atoms with Gasteiger partial charge < -0.3 is 37.9 Å². The molecular formula is C33H30O14. The van der Waals surface area contributed by atoms with Crippen molar-refractivity contribution >= 4 is 36.2 Å². The van der Waals surface area contributed by atoms with Crippen molar-refractivity contribution in [2.75, 3.05) is 26.4 Å². The molecule has 0 saturated heterocycles. The van der Waals surface area contributed by atoms with Crippen LogP contribution >= 0.6 is 0 Å². The van der Waals surface area contributed by atoms with Crippen LogP contribution in [0.15, 0.2) is 91.6 Å². The van der Waals surface area contributed by atoms with Gasteiger partial charge in [-0.3, -0.25) is 0 Å². The van der Waals surface area contributed by atoms with E-state index in [1.54, 1.807) is 13.0 Å². The van der Waals surface area contributed by atoms with Gasteiger partial charge in [-0.25, -0.2) is 28.8 Å². The first-order valence-electron chi connectivity index (χ1n) is 13.9. The second kappa shape index (κ2) is 17.9. The summed E-state index contributed by atoms with van der Waals surface area (Å²) in [6.45, 7) is 7.43. The lowest BCUT2D eigenvalue weighted by Crippen LogP contribution is -2.21. The number of aryl methyl sites for hydroxylation is 1. The molecule has 0 saturated carbocycles. The molecule has 3 rings (SSSR count). The van der Waals surface area contributed by atoms with E-state index in [9.17, 15) is 28.8 Å². The summed E-state index contributed by atoms with van der Waals surface area (Å²) < 4.78 is 40.0. The summed E-state index contributed by atoms with van der Waals surface area (Å²) in [6, 6.07) is 9.93. The summed E-state index contributed by atoms with van der Waals surface area (Å²) >= 11 is 0. The number of rotatable bonds is 14. The van der Waals surface area contributed by atoms with Crippen LogP contribution in [0.2, 0.25) is 0 Å². The largest absolute Gasteiger partial charge is 0.513 e. The van der Waals surface area contributed by atoms with Crippen LogP contribution in [0.4, 0.5) is 9.59 Å². The van der Waals surface area contributed by atoms with Crippen molar-refractivity contribution in [1.82, 2.24) is 0 Å². The molecule has 1 atom stereocenters. The molecule has 0 radical (unpaired) electrons. The Labute approximate surface area is 268 Å². The first kappa shape index (κ1) is 35.3. The quantitative estimate of drug-likeness (QED) is 0.0697. The highest BCUT2D eigenvalue weighted by Crippen LogP contribution is 2.26. The topological polar surface area (TPSA) is 176 Å². The van der Waals surface area contributed by atoms with E-state index in [4.69, 9.17) is 28.4 Å². The SMILES string of the molecule is C=CC(=O)OCCOC(=O)Oc1ccc(C(=O)Oc2ccc(OC(=O)C3=CCC(OC(=O)OCCOC(=O)C=C)C=C3)c(C)c2)cc1. The number of hydrogen-bond donors (Lipinski definition) is 0. The van der Waals surface area contributed by atoms with Crippen LogP contribution in [0.3, 0.4) is 0 Å². The van der Waals surface area contributed by atoms with Gasteiger partial charge in [-0.05, 0) is 67.1 Å². The van der Waals surface area contributed by atoms with Crippen molar-refractivity contribution in [3.63, 3.8) is 0 Å². The van der Waals surface area contributed by atoms with Crippen LogP contribution in [0.25, 0.3) is 0 Å². The first-order valence-corrected chi connectivity index (χ1v) is 13.9. The molecule has 14 nitrogen and oxygen atoms in total. The molecule has 2 aromatic rings. The normalized spacial score (nSPS) is 13.1. The van der Waals surface area contributed by atoms with E-state index < -0.39 is 42.3 Å². The summed E-state index contributed by atoms with van der Waals surface area (Å²) in [4.78, 5) is 70.7. The highest BCUT2D eigenvalue weighted by molar-refractivity contribution is 5.94. The van der Waals surface area contributed by atoms with E-state index in [2.05, 4.69) is 22.6 Å². The van der Waals surface area contributed by atoms with Crippen LogP contribution in [0, 0.1) is 6.92 Å². The van der Waals surface area contributed by atoms with Crippen LogP contribution < -0.4 is 14.2 Å². The average molecular weight is 651 g/mol. The molecule has 0 aliphatic heterocycles. The Balaban J connectivity index is 1.43. The molecule has 0 heterocycles. The van der Waals surface area contributed by atoms with Crippen molar-refractivity contribution in [2.24, 2.45) is 0 Å². The Morgan fingerprint density at radius 1 is 0.723 bits per heavy atom. The maximum atomic E-state index is 12.7. The number of hydrogen-bond acceptors (Lipinski definition) is 14. The fraction of sp³-hybridized carbons (Fsp3) is 0.212. The monoisotopic (exact) mass is 650 g/mol. The van der Waals surface area contributed by atoms with Crippen LogP contribution in [0.1, 0.15) is 22.3 Å². The third kappa shape index (κ3) is 12.0. The van der Waals surface area contributed by atoms with Gasteiger partial charge in [-0.15, -0.1) is 0 Å². The number of ether oxygens (including phenoxy) is 8. The number of carbonyl (C=O) groups is 6. The van der Waals surface area contributed by atoms with E-state index in [0.717, 1.165) is 12.2 Å². The minimum Gasteiger partial charge on any atom is -0.459 e. The number of benzene rings is 2. The molecule has 0 spiro atoms. The zero-order chi connectivity index (χ0) is 34.2. The molecule has 47 heavy (non-hydrogen) atoms. The molecule has 246 valence electrons. The summed E-state index contributed by atoms with van der Waals surface area (Å²) in [7, 11) is 0. The van der Waals surface area contributed by atoms with Crippen LogP contribution in [-0.2, 0) is 38.1 Å². The molecule has 1 unspecified atom stereocenters. The average Bonchev–Trinajstić information content (AvgIpc) is 3.06. The minimum absolute atomic E-state index is 0.103. The van der Waals surface area contributed by atoms with Gasteiger partial charge >= 0.3 is 36.2 Å². The van der Waals surface area contributed by atoms with Crippen molar-refractivity contribution < 1.29 is 66.7 Å². The zero-order valence-corrected chi connectivity index (χ0v) is 25.2. The Kier molecular flexibility index (Phi) is 13.5. The van der Waals surface area contributed by atoms with Gasteiger partial charge in [-0.2, -0.15) is 0 Å². The molecule has 0 aromatic heterocycles. The van der Waals surface area contributed by atoms with E-state index >= 15 is 0 Å². The van der Waals surface area contributed by atoms with E-state index in [1.165, 1.54) is 54.6 Å². The van der Waals surface area contributed by atoms with Crippen LogP contribution in [-0.4, -0.2) is 68.7 Å². The van der Waals surface area contributed by atoms with Gasteiger partial charge in [-0.1, -0.05) is 19.2 Å². The maximum absolute atomic E-state index is 12.7. The van der Waals surface area contributed by atoms with Gasteiger partial charge in [0.15, 0.2) is 0 Å². The van der Waals surface area contributed by atoms with E-state index in [1.807, 2.05) is 0 Å². The first-order chi connectivity index (χ1) is 22.6. The second-order valence-electron chi connectivity index (χ2n) is 9.18. The molecule has 1 aliphatic rings. The fourth-order valence-corrected chi connectivity index (χ4v) is 3.56. The Morgan fingerprint density at radius 2 is 1.32 bits per heavy atom. The molecule has 0 amide bonds. The highest BCUT2D eigenvalue weighted by Gasteiger charge is 2.20. The van der Waals surface area contributed by atoms with Gasteiger partial charge in [0.2, 0.25) is 0 Å². The molecule has 1 aliphatic carbocycles. The molecule has 0 fully saturated rings. The molecule has 0 bridgehead atoms. The third-order valence-corrected chi connectivity index (χ3v) is 5.82. The molecule has 0 N–H and O–H groups in total. The van der Waals surface area contributed by atoms with E-state index in [-0.39, 0.29) is 61.2 Å². The van der Waals surface area contributed by atoms with Crippen LogP contribution in [0.5, 0.6) is 17.2 Å². The Morgan fingerprint density at radius 3 is 1.89 bits per heavy atom. The Bertz CT molecular complexity index is 1570. The van der Waals surface area contributed by atoms with E-state index in [0.29, 0.717) is 5.56 Å². The summed E-state index contributed by atoms with van der Waals surface area (Å²) in [6.07, 6.45) is 3.99. The van der Waals surface area contributed by atoms with Gasteiger partial charge in [0.25, 0.3) is 0 Å². The maximum Gasteiger partial charge on any atom is 0.513 e. The van der Waals surface area contributed by atoms with Crippen molar-refractivity contribution in [3.8, 4) is 17.2 Å². The van der Waals surface area contributed by atoms with Crippen molar-refractivity contribution in [2.45, 2.75) is 19.4 Å². The summed E-state index contributed by atoms with van der Waals surface area (Å²) in [5.74, 6) is -2.12. The highest BCUT2D eigenvalue weighted by atomic mass is 16.7. The third-order valence-electron chi connectivity index (χ3n) is 5.82. The lowest BCUT2D eigenvalue weighted by Gasteiger charge is -2.17. The van der Waals surface area contributed by atoms with Gasteiger partial charge in [0.05, 0.1) is 11.1 Å². The number of esters is 4. The lowest BCUT2D eigenvalue weighted by atomic mass is 10.1. The Hall–Kier alpha value is -6.18. The van der Waals surface area contributed by atoms with Gasteiger partial charge in [0, 0.05) is 18.6 Å². The zero-order valence-electron chi connectivity index (χ0n) is 25.2. The second-order valence-corrected chi connectivity index (χ2v) is 9.18. The molecule has 14 heteroatoms. The lowest BCUT2D eigenvalue weighted by molar-refractivity contribution is -0.139. The van der Waals surface area contributed by atoms with Crippen molar-refractivity contribution in [3.05, 3.63) is 103 Å². The molecule has 2 aromatic carbocycles. The smallest absolute Gasteiger partial charge is 0.459 e. The number of carbonyl (C=O) groups excluding carboxylic acids is 6. The standard InChI is InChI=1S/C33H30O14/c1-4-28(34)40-16-18-42-32(38)45-24-10-6-22(7-11-24)30(36)44-26-14-15-27(21(3)20-26)47-31(37)23-8-12-25(13-9-23)46-33(39)43-19-17-41-29(35)5-2/h4-12,14-15,20,25H,1-2,13,16-19H2,3H3. The van der Waals surface area contributed by atoms with Gasteiger partial charge in [0.1, 0.15) is 49.8 Å². The summed E-state index contributed by atoms with van der Waals surface area (Å²) in [5.41, 5.74) is 0.906. The molecular weight excluding hydrogens is 620 g/mol. The summed E-state index contributed by atoms with van der Waals surface area (Å²) in [5, 5.41) is 0. The predicted octanol–water partition coefficient (Wildman–Crippen LogP) is 4.50. The predicted molar refractivity (Wildman–Crippen MR) is 161 cm³/mol. The van der Waals surface area contributed by atoms with Crippen molar-refractivity contribution in [1.29, 1.82) is 0 Å². The fourth-order valence-electron chi connectivity index (χ4n) is 3.56.